The van der Waals surface area contributed by atoms with Crippen molar-refractivity contribution in [1.29, 1.82) is 0 Å². The third kappa shape index (κ3) is 11.5. The minimum Gasteiger partial charge on any atom is -0.497 e. The first kappa shape index (κ1) is 48.0. The van der Waals surface area contributed by atoms with E-state index in [-0.39, 0.29) is 36.3 Å². The summed E-state index contributed by atoms with van der Waals surface area (Å²) in [6, 6.07) is 46.2. The van der Waals surface area contributed by atoms with E-state index in [0.717, 1.165) is 27.1 Å². The molecule has 67 heavy (non-hydrogen) atoms. The Bertz CT molecular complexity index is 2600. The van der Waals surface area contributed by atoms with Gasteiger partial charge in [-0.2, -0.15) is 0 Å². The lowest BCUT2D eigenvalue weighted by molar-refractivity contribution is -0.132. The monoisotopic (exact) mass is 920 g/mol. The van der Waals surface area contributed by atoms with Gasteiger partial charge in [0.25, 0.3) is 13.9 Å². The molecule has 1 aliphatic rings. The van der Waals surface area contributed by atoms with Crippen LogP contribution in [-0.2, 0) is 38.3 Å². The van der Waals surface area contributed by atoms with Crippen LogP contribution in [0.5, 0.6) is 11.5 Å². The maximum absolute atomic E-state index is 15.1. The number of carbonyl (C=O) groups is 3. The van der Waals surface area contributed by atoms with Gasteiger partial charge in [0.15, 0.2) is 0 Å². The quantitative estimate of drug-likeness (QED) is 0.0784. The van der Waals surface area contributed by atoms with Crippen molar-refractivity contribution in [3.05, 3.63) is 185 Å². The molecule has 13 heteroatoms. The highest BCUT2D eigenvalue weighted by molar-refractivity contribution is 6.99. The first-order chi connectivity index (χ1) is 32.4. The summed E-state index contributed by atoms with van der Waals surface area (Å²) < 4.78 is 25.3. The molecule has 0 unspecified atom stereocenters. The van der Waals surface area contributed by atoms with Crippen molar-refractivity contribution < 1.29 is 33.0 Å². The van der Waals surface area contributed by atoms with Gasteiger partial charge in [0.1, 0.15) is 29.8 Å². The lowest BCUT2D eigenvalue weighted by Crippen LogP contribution is -2.67. The van der Waals surface area contributed by atoms with E-state index in [1.165, 1.54) is 10.6 Å². The van der Waals surface area contributed by atoms with Gasteiger partial charge in [-0.15, -0.1) is 0 Å². The smallest absolute Gasteiger partial charge is 0.412 e. The van der Waals surface area contributed by atoms with E-state index in [1.54, 1.807) is 26.5 Å². The Balaban J connectivity index is 1.21. The van der Waals surface area contributed by atoms with Crippen LogP contribution in [-0.4, -0.2) is 69.1 Å². The predicted octanol–water partition coefficient (Wildman–Crippen LogP) is 7.90. The van der Waals surface area contributed by atoms with E-state index >= 15 is 4.79 Å². The van der Waals surface area contributed by atoms with Crippen molar-refractivity contribution >= 4 is 42.3 Å². The summed E-state index contributed by atoms with van der Waals surface area (Å²) in [5, 5.41) is 7.70. The molecule has 0 radical (unpaired) electrons. The fourth-order valence-electron chi connectivity index (χ4n) is 9.04. The Morgan fingerprint density at radius 1 is 0.761 bits per heavy atom. The second-order valence-corrected chi connectivity index (χ2v) is 22.2. The average Bonchev–Trinajstić information content (AvgIpc) is 3.68. The van der Waals surface area contributed by atoms with Crippen molar-refractivity contribution in [2.75, 3.05) is 32.7 Å². The summed E-state index contributed by atoms with van der Waals surface area (Å²) in [6.45, 7) is 7.56. The summed E-state index contributed by atoms with van der Waals surface area (Å²) in [5.74, 6) is 0.390. The number of pyridine rings is 1. The maximum Gasteiger partial charge on any atom is 0.412 e. The van der Waals surface area contributed by atoms with Gasteiger partial charge in [0.05, 0.1) is 26.9 Å². The molecule has 1 aliphatic heterocycles. The van der Waals surface area contributed by atoms with E-state index in [0.29, 0.717) is 37.4 Å². The number of rotatable bonds is 19. The van der Waals surface area contributed by atoms with E-state index in [2.05, 4.69) is 55.7 Å². The minimum atomic E-state index is -3.11. The highest BCUT2D eigenvalue weighted by Crippen LogP contribution is 2.37. The Morgan fingerprint density at radius 3 is 1.97 bits per heavy atom. The number of methoxy groups -OCH3 is 2. The van der Waals surface area contributed by atoms with E-state index in [9.17, 15) is 14.4 Å². The normalized spacial score (nSPS) is 14.8. The largest absolute Gasteiger partial charge is 0.497 e. The number of nitrogens with one attached hydrogen (secondary N) is 2. The fourth-order valence-corrected chi connectivity index (χ4v) is 13.6. The highest BCUT2D eigenvalue weighted by atomic mass is 28.4. The van der Waals surface area contributed by atoms with Crippen LogP contribution in [0.25, 0.3) is 0 Å². The molecule has 3 atom stereocenters. The molecule has 7 rings (SSSR count). The van der Waals surface area contributed by atoms with Gasteiger partial charge < -0.3 is 33.4 Å². The molecule has 1 fully saturated rings. The number of hydrogen-bond donors (Lipinski definition) is 2. The zero-order chi connectivity index (χ0) is 47.4. The molecule has 0 saturated carbocycles. The number of likely N-dealkylation sites (tertiary alicyclic amines) is 1. The Kier molecular flexibility index (Phi) is 15.8. The molecule has 12 nitrogen and oxygen atoms in total. The van der Waals surface area contributed by atoms with Gasteiger partial charge in [-0.1, -0.05) is 142 Å². The van der Waals surface area contributed by atoms with Gasteiger partial charge in [0, 0.05) is 43.3 Å². The third-order valence-corrected chi connectivity index (χ3v) is 17.4. The molecule has 1 saturated heterocycles. The summed E-state index contributed by atoms with van der Waals surface area (Å²) >= 11 is 0. The Hall–Kier alpha value is -6.96. The van der Waals surface area contributed by atoms with Crippen LogP contribution in [0.4, 0.5) is 10.5 Å². The Labute approximate surface area is 394 Å². The van der Waals surface area contributed by atoms with Crippen LogP contribution in [0.15, 0.2) is 163 Å². The average molecular weight is 921 g/mol. The lowest BCUT2D eigenvalue weighted by atomic mass is 9.98. The molecule has 2 N–H and O–H groups in total. The number of ether oxygens (including phenoxy) is 3. The van der Waals surface area contributed by atoms with E-state index in [1.807, 2.05) is 120 Å². The second-order valence-electron chi connectivity index (χ2n) is 17.9. The molecular formula is C54H60N4O8Si. The first-order valence-corrected chi connectivity index (χ1v) is 24.6. The molecule has 0 bridgehead atoms. The molecule has 2 heterocycles. The van der Waals surface area contributed by atoms with Crippen LogP contribution < -0.4 is 36.0 Å². The molecule has 348 valence electrons. The zero-order valence-corrected chi connectivity index (χ0v) is 39.9. The van der Waals surface area contributed by atoms with Crippen molar-refractivity contribution in [2.45, 2.75) is 70.3 Å². The van der Waals surface area contributed by atoms with Crippen molar-refractivity contribution in [2.24, 2.45) is 5.92 Å². The standard InChI is InChI=1S/C54H60N4O8Si/c1-54(2,3)67(45-23-14-8-15-24-45,46-25-16-9-17-26-46)66-38-43(34-41-30-32-57(51(41)60)36-42-28-29-44(63-4)35-49(42)64-5)55-50(59)48(33-39-19-10-6-11-20-39)58-31-18-27-47(52(58)61)56-53(62)65-37-40-21-12-7-13-22-40/h6-29,31,35,41,43,48H,30,32-34,36-38H2,1-5H3,(H,55,59)(H,56,62)/t41-,43+,48+/m1/s1. The summed E-state index contributed by atoms with van der Waals surface area (Å²) in [6.07, 6.45) is 1.78. The molecule has 1 aromatic heterocycles. The SMILES string of the molecule is COc1ccc(CN2CC[C@H](C[C@@H](CO[Si](c3ccccc3)(c3ccccc3)C(C)(C)C)NC(=O)[C@H](Cc3ccccc3)n3cccc(NC(=O)OCc4ccccc4)c3=O)C2=O)c(OC)c1. The predicted molar refractivity (Wildman–Crippen MR) is 263 cm³/mol. The summed E-state index contributed by atoms with van der Waals surface area (Å²) in [5.41, 5.74) is 1.85. The highest BCUT2D eigenvalue weighted by Gasteiger charge is 2.50. The second kappa shape index (κ2) is 22.0. The van der Waals surface area contributed by atoms with Gasteiger partial charge in [-0.25, -0.2) is 4.79 Å². The number of hydrogen-bond acceptors (Lipinski definition) is 8. The van der Waals surface area contributed by atoms with Crippen molar-refractivity contribution in [1.82, 2.24) is 14.8 Å². The topological polar surface area (TPSA) is 137 Å². The number of anilines is 1. The van der Waals surface area contributed by atoms with Gasteiger partial charge in [-0.3, -0.25) is 19.7 Å². The van der Waals surface area contributed by atoms with Crippen molar-refractivity contribution in [3.63, 3.8) is 0 Å². The van der Waals surface area contributed by atoms with Gasteiger partial charge >= 0.3 is 6.09 Å². The van der Waals surface area contributed by atoms with Crippen LogP contribution in [0.1, 0.15) is 56.3 Å². The van der Waals surface area contributed by atoms with Crippen LogP contribution in [0.3, 0.4) is 0 Å². The van der Waals surface area contributed by atoms with Gasteiger partial charge in [-0.05, 0) is 63.6 Å². The van der Waals surface area contributed by atoms with Crippen LogP contribution in [0, 0.1) is 5.92 Å². The maximum atomic E-state index is 15.1. The van der Waals surface area contributed by atoms with Crippen LogP contribution in [0.2, 0.25) is 5.04 Å². The van der Waals surface area contributed by atoms with Crippen molar-refractivity contribution in [3.8, 4) is 11.5 Å². The third-order valence-electron chi connectivity index (χ3n) is 12.4. The molecule has 5 aromatic carbocycles. The van der Waals surface area contributed by atoms with Gasteiger partial charge in [0.2, 0.25) is 11.8 Å². The van der Waals surface area contributed by atoms with Crippen LogP contribution >= 0.6 is 0 Å². The number of aromatic nitrogens is 1. The Morgan fingerprint density at radius 2 is 1.37 bits per heavy atom. The molecule has 0 aliphatic carbocycles. The number of nitrogens with zero attached hydrogens (tertiary/aromatic N) is 2. The summed E-state index contributed by atoms with van der Waals surface area (Å²) in [4.78, 5) is 58.6. The lowest BCUT2D eigenvalue weighted by Gasteiger charge is -2.44. The molecule has 0 spiro atoms. The number of carbonyl (C=O) groups excluding carboxylic acids is 3. The summed E-state index contributed by atoms with van der Waals surface area (Å²) in [7, 11) is 0.0827. The van der Waals surface area contributed by atoms with E-state index < -0.39 is 43.9 Å². The molecule has 6 aromatic rings. The minimum absolute atomic E-state index is 0.0149. The fraction of sp³-hybridized carbons (Fsp3) is 0.296. The molecule has 3 amide bonds. The number of amides is 3. The zero-order valence-electron chi connectivity index (χ0n) is 38.9. The number of benzene rings is 5. The molecular weight excluding hydrogens is 861 g/mol. The first-order valence-electron chi connectivity index (χ1n) is 22.7. The van der Waals surface area contributed by atoms with E-state index in [4.69, 9.17) is 18.6 Å².